The van der Waals surface area contributed by atoms with E-state index in [0.29, 0.717) is 19.8 Å². The molecular weight excluding hydrogens is 214 g/mol. The van der Waals surface area contributed by atoms with Gasteiger partial charge in [-0.15, -0.1) is 0 Å². The Kier molecular flexibility index (Phi) is 3.52. The zero-order chi connectivity index (χ0) is 12.5. The van der Waals surface area contributed by atoms with Crippen molar-refractivity contribution in [3.8, 4) is 0 Å². The molecule has 3 heteroatoms. The molecule has 17 heavy (non-hydrogen) atoms. The van der Waals surface area contributed by atoms with Crippen LogP contribution in [0.25, 0.3) is 0 Å². The first-order chi connectivity index (χ1) is 8.09. The van der Waals surface area contributed by atoms with E-state index in [4.69, 9.17) is 10.5 Å². The monoisotopic (exact) mass is 235 g/mol. The maximum atomic E-state index is 10.5. The first-order valence-corrected chi connectivity index (χ1v) is 6.12. The van der Waals surface area contributed by atoms with E-state index in [1.807, 2.05) is 12.1 Å². The van der Waals surface area contributed by atoms with Crippen LogP contribution in [0.15, 0.2) is 18.2 Å². The predicted molar refractivity (Wildman–Crippen MR) is 67.8 cm³/mol. The fourth-order valence-corrected chi connectivity index (χ4v) is 2.40. The number of hydrogen-bond donors (Lipinski definition) is 2. The Morgan fingerprint density at radius 1 is 1.41 bits per heavy atom. The highest BCUT2D eigenvalue weighted by Gasteiger charge is 2.41. The molecule has 0 amide bonds. The molecule has 2 unspecified atom stereocenters. The maximum Gasteiger partial charge on any atom is 0.0881 e. The molecule has 1 heterocycles. The van der Waals surface area contributed by atoms with Crippen molar-refractivity contribution in [3.05, 3.63) is 34.9 Å². The number of aliphatic hydroxyl groups excluding tert-OH is 1. The van der Waals surface area contributed by atoms with E-state index < -0.39 is 6.10 Å². The minimum Gasteiger partial charge on any atom is -0.388 e. The Morgan fingerprint density at radius 2 is 2.18 bits per heavy atom. The van der Waals surface area contributed by atoms with Gasteiger partial charge in [-0.3, -0.25) is 0 Å². The van der Waals surface area contributed by atoms with Crippen LogP contribution in [-0.2, 0) is 4.74 Å². The highest BCUT2D eigenvalue weighted by molar-refractivity contribution is 5.32. The fourth-order valence-electron chi connectivity index (χ4n) is 2.40. The number of nitrogens with two attached hydrogens (primary N) is 1. The van der Waals surface area contributed by atoms with Crippen molar-refractivity contribution in [2.24, 2.45) is 11.1 Å². The van der Waals surface area contributed by atoms with Crippen LogP contribution < -0.4 is 5.73 Å². The van der Waals surface area contributed by atoms with Crippen LogP contribution in [0.5, 0.6) is 0 Å². The van der Waals surface area contributed by atoms with Crippen LogP contribution in [0.2, 0.25) is 0 Å². The van der Waals surface area contributed by atoms with Crippen LogP contribution in [0.3, 0.4) is 0 Å². The third-order valence-corrected chi connectivity index (χ3v) is 3.97. The van der Waals surface area contributed by atoms with Crippen LogP contribution >= 0.6 is 0 Å². The largest absolute Gasteiger partial charge is 0.388 e. The van der Waals surface area contributed by atoms with Gasteiger partial charge in [-0.05, 0) is 37.0 Å². The van der Waals surface area contributed by atoms with Crippen LogP contribution in [0.4, 0.5) is 0 Å². The predicted octanol–water partition coefficient (Wildman–Crippen LogP) is 1.70. The molecule has 2 atom stereocenters. The summed E-state index contributed by atoms with van der Waals surface area (Å²) < 4.78 is 5.41. The molecule has 0 aliphatic carbocycles. The second-order valence-electron chi connectivity index (χ2n) is 5.12. The molecule has 1 aromatic carbocycles. The summed E-state index contributed by atoms with van der Waals surface area (Å²) >= 11 is 0. The number of rotatable bonds is 3. The minimum absolute atomic E-state index is 0.304. The molecule has 2 rings (SSSR count). The first-order valence-electron chi connectivity index (χ1n) is 6.12. The van der Waals surface area contributed by atoms with Crippen molar-refractivity contribution in [3.63, 3.8) is 0 Å². The molecular formula is C14H21NO2. The third-order valence-electron chi connectivity index (χ3n) is 3.97. The highest BCUT2D eigenvalue weighted by atomic mass is 16.5. The van der Waals surface area contributed by atoms with Crippen LogP contribution in [-0.4, -0.2) is 24.9 Å². The molecule has 1 aromatic rings. The second-order valence-corrected chi connectivity index (χ2v) is 5.12. The van der Waals surface area contributed by atoms with E-state index in [9.17, 15) is 5.11 Å². The summed E-state index contributed by atoms with van der Waals surface area (Å²) in [6, 6.07) is 6.09. The van der Waals surface area contributed by atoms with Gasteiger partial charge in [-0.2, -0.15) is 0 Å². The maximum absolute atomic E-state index is 10.5. The Balaban J connectivity index is 2.29. The van der Waals surface area contributed by atoms with Gasteiger partial charge in [0.05, 0.1) is 12.7 Å². The second kappa shape index (κ2) is 4.77. The van der Waals surface area contributed by atoms with Gasteiger partial charge in [-0.25, -0.2) is 0 Å². The summed E-state index contributed by atoms with van der Waals surface area (Å²) in [6.07, 6.45) is 0.298. The molecule has 1 aliphatic rings. The molecule has 1 aliphatic heterocycles. The fraction of sp³-hybridized carbons (Fsp3) is 0.571. The molecule has 0 spiro atoms. The summed E-state index contributed by atoms with van der Waals surface area (Å²) in [5.41, 5.74) is 8.92. The minimum atomic E-state index is -0.533. The van der Waals surface area contributed by atoms with Gasteiger partial charge in [0.1, 0.15) is 0 Å². The third kappa shape index (κ3) is 2.23. The quantitative estimate of drug-likeness (QED) is 0.838. The van der Waals surface area contributed by atoms with Gasteiger partial charge >= 0.3 is 0 Å². The van der Waals surface area contributed by atoms with Gasteiger partial charge in [-0.1, -0.05) is 18.2 Å². The van der Waals surface area contributed by atoms with E-state index in [0.717, 1.165) is 12.0 Å². The molecule has 0 saturated carbocycles. The van der Waals surface area contributed by atoms with E-state index in [1.54, 1.807) is 0 Å². The van der Waals surface area contributed by atoms with Crippen molar-refractivity contribution in [2.75, 3.05) is 19.8 Å². The Labute approximate surface area is 103 Å². The van der Waals surface area contributed by atoms with Crippen molar-refractivity contribution < 1.29 is 9.84 Å². The molecule has 1 fully saturated rings. The highest BCUT2D eigenvalue weighted by Crippen LogP contribution is 2.40. The van der Waals surface area contributed by atoms with Crippen LogP contribution in [0, 0.1) is 19.3 Å². The summed E-state index contributed by atoms with van der Waals surface area (Å²) in [6.45, 7) is 5.84. The van der Waals surface area contributed by atoms with Gasteiger partial charge in [0.15, 0.2) is 0 Å². The summed E-state index contributed by atoms with van der Waals surface area (Å²) in [5.74, 6) is 0. The smallest absolute Gasteiger partial charge is 0.0881 e. The first kappa shape index (κ1) is 12.6. The van der Waals surface area contributed by atoms with E-state index in [1.165, 1.54) is 11.1 Å². The summed E-state index contributed by atoms with van der Waals surface area (Å²) in [5, 5.41) is 10.5. The Morgan fingerprint density at radius 3 is 2.71 bits per heavy atom. The van der Waals surface area contributed by atoms with Crippen molar-refractivity contribution in [2.45, 2.75) is 26.4 Å². The lowest BCUT2D eigenvalue weighted by Crippen LogP contribution is -2.37. The molecule has 3 N–H and O–H groups in total. The average Bonchev–Trinajstić information content (AvgIpc) is 2.81. The number of aryl methyl sites for hydroxylation is 2. The Bertz CT molecular complexity index is 397. The van der Waals surface area contributed by atoms with E-state index in [-0.39, 0.29) is 5.41 Å². The zero-order valence-electron chi connectivity index (χ0n) is 10.6. The average molecular weight is 235 g/mol. The normalized spacial score (nSPS) is 26.1. The lowest BCUT2D eigenvalue weighted by Gasteiger charge is -2.31. The molecule has 94 valence electrons. The van der Waals surface area contributed by atoms with E-state index >= 15 is 0 Å². The lowest BCUT2D eigenvalue weighted by molar-refractivity contribution is 0.0190. The number of benzene rings is 1. The van der Waals surface area contributed by atoms with Crippen molar-refractivity contribution in [1.82, 2.24) is 0 Å². The lowest BCUT2D eigenvalue weighted by atomic mass is 9.78. The van der Waals surface area contributed by atoms with Gasteiger partial charge in [0, 0.05) is 18.6 Å². The topological polar surface area (TPSA) is 55.5 Å². The number of hydrogen-bond acceptors (Lipinski definition) is 3. The van der Waals surface area contributed by atoms with Gasteiger partial charge < -0.3 is 15.6 Å². The van der Waals surface area contributed by atoms with E-state index in [2.05, 4.69) is 19.9 Å². The molecule has 0 radical (unpaired) electrons. The molecule has 1 saturated heterocycles. The molecule has 0 bridgehead atoms. The number of aliphatic hydroxyl groups is 1. The van der Waals surface area contributed by atoms with Crippen molar-refractivity contribution in [1.29, 1.82) is 0 Å². The summed E-state index contributed by atoms with van der Waals surface area (Å²) in [4.78, 5) is 0. The standard InChI is InChI=1S/C14H21NO2/c1-10-3-4-12(7-11(10)2)13(16)14(8-15)5-6-17-9-14/h3-4,7,13,16H,5-6,8-9,15H2,1-2H3. The SMILES string of the molecule is Cc1ccc(C(O)C2(CN)CCOC2)cc1C. The van der Waals surface area contributed by atoms with Crippen LogP contribution in [0.1, 0.15) is 29.2 Å². The zero-order valence-corrected chi connectivity index (χ0v) is 10.6. The molecule has 0 aromatic heterocycles. The summed E-state index contributed by atoms with van der Waals surface area (Å²) in [7, 11) is 0. The Hall–Kier alpha value is -0.900. The van der Waals surface area contributed by atoms with Crippen molar-refractivity contribution >= 4 is 0 Å². The van der Waals surface area contributed by atoms with Gasteiger partial charge in [0.2, 0.25) is 0 Å². The molecule has 3 nitrogen and oxygen atoms in total. The number of ether oxygens (including phenoxy) is 1. The van der Waals surface area contributed by atoms with Gasteiger partial charge in [0.25, 0.3) is 0 Å².